The van der Waals surface area contributed by atoms with Gasteiger partial charge in [-0.05, 0) is 0 Å². The van der Waals surface area contributed by atoms with Gasteiger partial charge in [0.05, 0.1) is 0 Å². The van der Waals surface area contributed by atoms with Crippen LogP contribution in [-0.2, 0) is 24.1 Å². The minimum absolute atomic E-state index is 0.729. The molecule has 0 aromatic carbocycles. The zero-order valence-corrected chi connectivity index (χ0v) is 10.2. The summed E-state index contributed by atoms with van der Waals surface area (Å²) in [4.78, 5) is 0. The minimum atomic E-state index is 0.729. The average molecular weight is 332 g/mol. The molecule has 64 valence electrons. The molecule has 1 rings (SSSR count). The first-order valence-corrected chi connectivity index (χ1v) is 5.67. The van der Waals surface area contributed by atoms with E-state index in [1.165, 1.54) is 37.8 Å². The average Bonchev–Trinajstić information content (AvgIpc) is 2.53. The molecule has 0 atom stereocenters. The van der Waals surface area contributed by atoms with Gasteiger partial charge in [0.2, 0.25) is 0 Å². The standard InChI is InChI=1S/C10H12O.W/c1-2-11-9-5-8-10-6-3-4-7-10;/h6H,2-4,7H2,1H3;. The van der Waals surface area contributed by atoms with E-state index in [0.29, 0.717) is 0 Å². The summed E-state index contributed by atoms with van der Waals surface area (Å²) in [6.07, 6.45) is 5.85. The molecular weight excluding hydrogens is 320 g/mol. The van der Waals surface area contributed by atoms with Gasteiger partial charge in [-0.25, -0.2) is 0 Å². The Labute approximate surface area is 84.6 Å². The molecule has 0 heterocycles. The molecule has 2 heteroatoms. The molecule has 1 aliphatic rings. The Morgan fingerprint density at radius 3 is 3.17 bits per heavy atom. The van der Waals surface area contributed by atoms with Crippen LogP contribution in [0.4, 0.5) is 0 Å². The van der Waals surface area contributed by atoms with Crippen LogP contribution < -0.4 is 0 Å². The Kier molecular flexibility index (Phi) is 4.51. The molecule has 0 saturated heterocycles. The Morgan fingerprint density at radius 1 is 1.75 bits per heavy atom. The normalized spacial score (nSPS) is 14.9. The monoisotopic (exact) mass is 332 g/mol. The van der Waals surface area contributed by atoms with Gasteiger partial charge >= 0.3 is 84.5 Å². The zero-order chi connectivity index (χ0) is 8.81. The molecule has 0 fully saturated rings. The van der Waals surface area contributed by atoms with Crippen LogP contribution in [0.5, 0.6) is 0 Å². The zero-order valence-electron chi connectivity index (χ0n) is 7.22. The predicted octanol–water partition coefficient (Wildman–Crippen LogP) is 1.81. The summed E-state index contributed by atoms with van der Waals surface area (Å²) >= 11 is 1.32. The molecule has 0 bridgehead atoms. The van der Waals surface area contributed by atoms with Crippen molar-refractivity contribution in [3.05, 3.63) is 11.6 Å². The summed E-state index contributed by atoms with van der Waals surface area (Å²) < 4.78 is 6.16. The first-order valence-electron chi connectivity index (χ1n) is 4.20. The van der Waals surface area contributed by atoms with Crippen molar-refractivity contribution in [1.82, 2.24) is 0 Å². The van der Waals surface area contributed by atoms with Crippen LogP contribution >= 0.6 is 0 Å². The van der Waals surface area contributed by atoms with Crippen LogP contribution in [0.1, 0.15) is 26.2 Å². The number of allylic oxidation sites excluding steroid dienone is 2. The Balaban J connectivity index is 2.41. The van der Waals surface area contributed by atoms with E-state index >= 15 is 0 Å². The predicted molar refractivity (Wildman–Crippen MR) is 46.3 cm³/mol. The first kappa shape index (κ1) is 9.90. The van der Waals surface area contributed by atoms with Crippen molar-refractivity contribution >= 4 is 4.08 Å². The van der Waals surface area contributed by atoms with E-state index in [4.69, 9.17) is 4.74 Å². The topological polar surface area (TPSA) is 9.23 Å². The van der Waals surface area contributed by atoms with E-state index in [2.05, 4.69) is 17.9 Å². The second-order valence-corrected chi connectivity index (χ2v) is 3.92. The van der Waals surface area contributed by atoms with E-state index in [1.54, 1.807) is 0 Å². The number of hydrogen-bond acceptors (Lipinski definition) is 1. The van der Waals surface area contributed by atoms with Crippen LogP contribution in [0.15, 0.2) is 11.6 Å². The molecule has 0 aromatic rings. The third-order valence-corrected chi connectivity index (χ3v) is 2.43. The summed E-state index contributed by atoms with van der Waals surface area (Å²) in [7, 11) is 0. The van der Waals surface area contributed by atoms with E-state index in [-0.39, 0.29) is 0 Å². The number of hydrogen-bond donors (Lipinski definition) is 0. The number of ether oxygens (including phenoxy) is 1. The van der Waals surface area contributed by atoms with Gasteiger partial charge in [0.15, 0.2) is 0 Å². The maximum absolute atomic E-state index is 5.25. The summed E-state index contributed by atoms with van der Waals surface area (Å²) in [5, 5.41) is 0. The third-order valence-electron chi connectivity index (χ3n) is 1.64. The molecule has 0 aromatic heterocycles. The third kappa shape index (κ3) is 3.48. The fourth-order valence-corrected chi connectivity index (χ4v) is 1.69. The summed E-state index contributed by atoms with van der Waals surface area (Å²) in [6.45, 7) is 2.71. The van der Waals surface area contributed by atoms with E-state index in [9.17, 15) is 0 Å². The quantitative estimate of drug-likeness (QED) is 0.701. The molecule has 0 unspecified atom stereocenters. The fourth-order valence-electron chi connectivity index (χ4n) is 1.08. The van der Waals surface area contributed by atoms with Gasteiger partial charge < -0.3 is 0 Å². The Morgan fingerprint density at radius 2 is 2.58 bits per heavy atom. The maximum atomic E-state index is 5.25. The molecule has 0 spiro atoms. The van der Waals surface area contributed by atoms with Gasteiger partial charge in [-0.3, -0.25) is 0 Å². The van der Waals surface area contributed by atoms with Crippen molar-refractivity contribution in [2.75, 3.05) is 6.61 Å². The van der Waals surface area contributed by atoms with Gasteiger partial charge in [0.25, 0.3) is 0 Å². The van der Waals surface area contributed by atoms with Crippen molar-refractivity contribution in [1.29, 1.82) is 0 Å². The van der Waals surface area contributed by atoms with Crippen LogP contribution in [0, 0.1) is 11.8 Å². The Bertz CT molecular complexity index is 255. The summed E-state index contributed by atoms with van der Waals surface area (Å²) in [5.41, 5.74) is 1.29. The molecule has 0 N–H and O–H groups in total. The molecule has 1 aliphatic carbocycles. The SMILES string of the molecule is CCO[C](=[W])C#CC1=CCCC1. The molecule has 12 heavy (non-hydrogen) atoms. The van der Waals surface area contributed by atoms with Crippen LogP contribution in [-0.4, -0.2) is 10.7 Å². The van der Waals surface area contributed by atoms with Gasteiger partial charge in [0, 0.05) is 0 Å². The van der Waals surface area contributed by atoms with Crippen LogP contribution in [0.3, 0.4) is 0 Å². The van der Waals surface area contributed by atoms with Crippen molar-refractivity contribution < 1.29 is 24.1 Å². The molecule has 0 aliphatic heterocycles. The van der Waals surface area contributed by atoms with E-state index < -0.39 is 0 Å². The van der Waals surface area contributed by atoms with Crippen molar-refractivity contribution in [3.63, 3.8) is 0 Å². The van der Waals surface area contributed by atoms with Gasteiger partial charge in [-0.2, -0.15) is 0 Å². The molecule has 0 amide bonds. The second-order valence-electron chi connectivity index (χ2n) is 2.59. The van der Waals surface area contributed by atoms with Crippen molar-refractivity contribution in [2.45, 2.75) is 26.2 Å². The number of rotatable bonds is 2. The van der Waals surface area contributed by atoms with E-state index in [1.807, 2.05) is 6.92 Å². The summed E-state index contributed by atoms with van der Waals surface area (Å²) in [5.74, 6) is 6.17. The summed E-state index contributed by atoms with van der Waals surface area (Å²) in [6, 6.07) is 0. The fraction of sp³-hybridized carbons (Fsp3) is 0.500. The van der Waals surface area contributed by atoms with Crippen LogP contribution in [0.25, 0.3) is 0 Å². The van der Waals surface area contributed by atoms with Gasteiger partial charge in [-0.1, -0.05) is 0 Å². The van der Waals surface area contributed by atoms with Gasteiger partial charge in [0.1, 0.15) is 0 Å². The van der Waals surface area contributed by atoms with Crippen molar-refractivity contribution in [3.8, 4) is 11.8 Å². The Hall–Kier alpha value is -0.182. The van der Waals surface area contributed by atoms with Crippen molar-refractivity contribution in [2.24, 2.45) is 0 Å². The van der Waals surface area contributed by atoms with E-state index in [0.717, 1.165) is 17.1 Å². The molecule has 0 saturated carbocycles. The van der Waals surface area contributed by atoms with Crippen LogP contribution in [0.2, 0.25) is 0 Å². The first-order chi connectivity index (χ1) is 5.83. The van der Waals surface area contributed by atoms with Gasteiger partial charge in [-0.15, -0.1) is 0 Å². The molecular formula is C10H12OW. The molecule has 0 radical (unpaired) electrons. The molecule has 1 nitrogen and oxygen atoms in total. The second kappa shape index (κ2) is 5.46.